The standard InChI is InChI=1S/C8H19NO2/c1-6(10)4-8(3,5-9)7(2)11/h6-7,10-11H,4-5,9H2,1-3H3. The van der Waals surface area contributed by atoms with Crippen LogP contribution in [0.25, 0.3) is 0 Å². The molecular weight excluding hydrogens is 142 g/mol. The summed E-state index contributed by atoms with van der Waals surface area (Å²) in [5.74, 6) is 0. The normalized spacial score (nSPS) is 22.4. The minimum absolute atomic E-state index is 0.353. The molecule has 3 atom stereocenters. The maximum atomic E-state index is 9.33. The first kappa shape index (κ1) is 10.9. The Labute approximate surface area is 68.2 Å². The Morgan fingerprint density at radius 3 is 1.91 bits per heavy atom. The van der Waals surface area contributed by atoms with Gasteiger partial charge in [0.15, 0.2) is 0 Å². The molecule has 68 valence electrons. The molecule has 0 aromatic heterocycles. The van der Waals surface area contributed by atoms with Gasteiger partial charge in [-0.3, -0.25) is 0 Å². The fraction of sp³-hybridized carbons (Fsp3) is 1.00. The average Bonchev–Trinajstić information content (AvgIpc) is 1.86. The van der Waals surface area contributed by atoms with E-state index in [0.717, 1.165) is 0 Å². The minimum Gasteiger partial charge on any atom is -0.393 e. The predicted molar refractivity (Wildman–Crippen MR) is 45.1 cm³/mol. The summed E-state index contributed by atoms with van der Waals surface area (Å²) in [6.07, 6.45) is -0.332. The van der Waals surface area contributed by atoms with Crippen molar-refractivity contribution in [3.05, 3.63) is 0 Å². The maximum absolute atomic E-state index is 9.33. The second-order valence-electron chi connectivity index (χ2n) is 3.59. The van der Waals surface area contributed by atoms with E-state index in [1.807, 2.05) is 6.92 Å². The first-order chi connectivity index (χ1) is 4.92. The van der Waals surface area contributed by atoms with Gasteiger partial charge in [-0.15, -0.1) is 0 Å². The molecule has 0 aliphatic carbocycles. The number of hydrogen-bond acceptors (Lipinski definition) is 3. The molecule has 3 unspecified atom stereocenters. The van der Waals surface area contributed by atoms with E-state index in [-0.39, 0.29) is 5.41 Å². The fourth-order valence-corrected chi connectivity index (χ4v) is 1.10. The fourth-order valence-electron chi connectivity index (χ4n) is 1.10. The Morgan fingerprint density at radius 2 is 1.82 bits per heavy atom. The highest BCUT2D eigenvalue weighted by molar-refractivity contribution is 4.82. The van der Waals surface area contributed by atoms with Crippen LogP contribution >= 0.6 is 0 Å². The maximum Gasteiger partial charge on any atom is 0.0578 e. The summed E-state index contributed by atoms with van der Waals surface area (Å²) in [6.45, 7) is 5.69. The van der Waals surface area contributed by atoms with Gasteiger partial charge >= 0.3 is 0 Å². The monoisotopic (exact) mass is 161 g/mol. The summed E-state index contributed by atoms with van der Waals surface area (Å²) in [4.78, 5) is 0. The van der Waals surface area contributed by atoms with Crippen molar-refractivity contribution in [1.82, 2.24) is 0 Å². The van der Waals surface area contributed by atoms with Gasteiger partial charge in [0.1, 0.15) is 0 Å². The highest BCUT2D eigenvalue weighted by Crippen LogP contribution is 2.25. The lowest BCUT2D eigenvalue weighted by atomic mass is 9.80. The Balaban J connectivity index is 4.10. The van der Waals surface area contributed by atoms with Crippen molar-refractivity contribution >= 4 is 0 Å². The molecule has 11 heavy (non-hydrogen) atoms. The second-order valence-corrected chi connectivity index (χ2v) is 3.59. The van der Waals surface area contributed by atoms with Crippen molar-refractivity contribution in [1.29, 1.82) is 0 Å². The van der Waals surface area contributed by atoms with Gasteiger partial charge in [-0.05, 0) is 20.3 Å². The van der Waals surface area contributed by atoms with Gasteiger partial charge in [0, 0.05) is 12.0 Å². The average molecular weight is 161 g/mol. The summed E-state index contributed by atoms with van der Waals surface area (Å²) >= 11 is 0. The van der Waals surface area contributed by atoms with Crippen molar-refractivity contribution in [2.24, 2.45) is 11.1 Å². The second kappa shape index (κ2) is 4.04. The first-order valence-electron chi connectivity index (χ1n) is 3.98. The van der Waals surface area contributed by atoms with Gasteiger partial charge in [-0.2, -0.15) is 0 Å². The van der Waals surface area contributed by atoms with Gasteiger partial charge < -0.3 is 15.9 Å². The molecular formula is C8H19NO2. The molecule has 0 bridgehead atoms. The highest BCUT2D eigenvalue weighted by atomic mass is 16.3. The molecule has 0 radical (unpaired) electrons. The third-order valence-electron chi connectivity index (χ3n) is 2.24. The van der Waals surface area contributed by atoms with Crippen molar-refractivity contribution < 1.29 is 10.2 Å². The third-order valence-corrected chi connectivity index (χ3v) is 2.24. The van der Waals surface area contributed by atoms with Gasteiger partial charge in [-0.25, -0.2) is 0 Å². The summed E-state index contributed by atoms with van der Waals surface area (Å²) < 4.78 is 0. The quantitative estimate of drug-likeness (QED) is 0.548. The van der Waals surface area contributed by atoms with E-state index in [2.05, 4.69) is 0 Å². The Hall–Kier alpha value is -0.120. The van der Waals surface area contributed by atoms with Crippen LogP contribution in [0.3, 0.4) is 0 Å². The van der Waals surface area contributed by atoms with E-state index in [9.17, 15) is 5.11 Å². The lowest BCUT2D eigenvalue weighted by Crippen LogP contribution is -2.39. The number of rotatable bonds is 4. The van der Waals surface area contributed by atoms with Crippen molar-refractivity contribution in [3.63, 3.8) is 0 Å². The van der Waals surface area contributed by atoms with E-state index < -0.39 is 12.2 Å². The summed E-state index contributed by atoms with van der Waals surface area (Å²) in [7, 11) is 0. The molecule has 0 aromatic carbocycles. The molecule has 0 fully saturated rings. The molecule has 0 rings (SSSR count). The molecule has 0 amide bonds. The third kappa shape index (κ3) is 3.18. The van der Waals surface area contributed by atoms with Crippen LogP contribution in [0, 0.1) is 5.41 Å². The van der Waals surface area contributed by atoms with Crippen LogP contribution in [0.2, 0.25) is 0 Å². The molecule has 0 aromatic rings. The molecule has 0 saturated carbocycles. The van der Waals surface area contributed by atoms with Crippen molar-refractivity contribution in [2.75, 3.05) is 6.54 Å². The topological polar surface area (TPSA) is 66.5 Å². The van der Waals surface area contributed by atoms with Crippen LogP contribution in [0.5, 0.6) is 0 Å². The number of aliphatic hydroxyl groups is 2. The van der Waals surface area contributed by atoms with Gasteiger partial charge in [0.05, 0.1) is 12.2 Å². The Kier molecular flexibility index (Phi) is 4.00. The minimum atomic E-state index is -0.470. The van der Waals surface area contributed by atoms with E-state index in [1.54, 1.807) is 13.8 Å². The summed E-state index contributed by atoms with van der Waals surface area (Å²) in [6, 6.07) is 0. The van der Waals surface area contributed by atoms with Crippen LogP contribution < -0.4 is 5.73 Å². The van der Waals surface area contributed by atoms with Crippen LogP contribution in [0.1, 0.15) is 27.2 Å². The largest absolute Gasteiger partial charge is 0.393 e. The molecule has 3 heteroatoms. The van der Waals surface area contributed by atoms with Crippen LogP contribution in [0.4, 0.5) is 0 Å². The van der Waals surface area contributed by atoms with E-state index in [0.29, 0.717) is 13.0 Å². The van der Waals surface area contributed by atoms with Crippen LogP contribution in [0.15, 0.2) is 0 Å². The number of nitrogens with two attached hydrogens (primary N) is 1. The molecule has 0 heterocycles. The first-order valence-corrected chi connectivity index (χ1v) is 3.98. The number of hydrogen-bond donors (Lipinski definition) is 3. The molecule has 0 aliphatic rings. The zero-order chi connectivity index (χ0) is 9.07. The molecule has 3 nitrogen and oxygen atoms in total. The van der Waals surface area contributed by atoms with Crippen LogP contribution in [-0.2, 0) is 0 Å². The summed E-state index contributed by atoms with van der Waals surface area (Å²) in [5, 5.41) is 18.4. The zero-order valence-corrected chi connectivity index (χ0v) is 7.54. The van der Waals surface area contributed by atoms with Crippen molar-refractivity contribution in [3.8, 4) is 0 Å². The predicted octanol–water partition coefficient (Wildman–Crippen LogP) is 0.103. The van der Waals surface area contributed by atoms with E-state index >= 15 is 0 Å². The zero-order valence-electron chi connectivity index (χ0n) is 7.54. The molecule has 0 spiro atoms. The van der Waals surface area contributed by atoms with Gasteiger partial charge in [0.25, 0.3) is 0 Å². The SMILES string of the molecule is CC(O)CC(C)(CN)C(C)O. The van der Waals surface area contributed by atoms with Gasteiger partial charge in [0.2, 0.25) is 0 Å². The van der Waals surface area contributed by atoms with Crippen LogP contribution in [-0.4, -0.2) is 29.0 Å². The lowest BCUT2D eigenvalue weighted by molar-refractivity contribution is 0.0181. The van der Waals surface area contributed by atoms with Crippen molar-refractivity contribution in [2.45, 2.75) is 39.4 Å². The molecule has 0 aliphatic heterocycles. The van der Waals surface area contributed by atoms with E-state index in [1.165, 1.54) is 0 Å². The number of aliphatic hydroxyl groups excluding tert-OH is 2. The molecule has 0 saturated heterocycles. The van der Waals surface area contributed by atoms with E-state index in [4.69, 9.17) is 10.8 Å². The Morgan fingerprint density at radius 1 is 1.36 bits per heavy atom. The highest BCUT2D eigenvalue weighted by Gasteiger charge is 2.29. The Bertz CT molecular complexity index is 115. The smallest absolute Gasteiger partial charge is 0.0578 e. The van der Waals surface area contributed by atoms with Gasteiger partial charge in [-0.1, -0.05) is 6.92 Å². The summed E-state index contributed by atoms with van der Waals surface area (Å²) in [5.41, 5.74) is 5.13. The molecule has 4 N–H and O–H groups in total. The lowest BCUT2D eigenvalue weighted by Gasteiger charge is -2.32.